The molecule has 3 aliphatic rings. The van der Waals surface area contributed by atoms with Crippen molar-refractivity contribution in [2.24, 2.45) is 28.1 Å². The van der Waals surface area contributed by atoms with Crippen LogP contribution in [0.2, 0.25) is 0 Å². The summed E-state index contributed by atoms with van der Waals surface area (Å²) < 4.78 is 0. The van der Waals surface area contributed by atoms with Crippen LogP contribution in [0.4, 0.5) is 0 Å². The Morgan fingerprint density at radius 1 is 1.22 bits per heavy atom. The van der Waals surface area contributed by atoms with Gasteiger partial charge in [-0.15, -0.1) is 13.2 Å². The van der Waals surface area contributed by atoms with Crippen molar-refractivity contribution < 1.29 is 5.11 Å². The molecule has 0 aromatic rings. The Kier molecular flexibility index (Phi) is 4.16. The van der Waals surface area contributed by atoms with Crippen molar-refractivity contribution in [3.8, 4) is 0 Å². The summed E-state index contributed by atoms with van der Waals surface area (Å²) in [4.78, 5) is 0. The van der Waals surface area contributed by atoms with Gasteiger partial charge in [-0.3, -0.25) is 0 Å². The van der Waals surface area contributed by atoms with Gasteiger partial charge in [0.25, 0.3) is 0 Å². The highest BCUT2D eigenvalue weighted by atomic mass is 16.3. The molecule has 2 fully saturated rings. The normalized spacial score (nSPS) is 47.7. The molecular formula is C22H34O. The highest BCUT2D eigenvalue weighted by Gasteiger charge is 2.56. The summed E-state index contributed by atoms with van der Waals surface area (Å²) in [6.07, 6.45) is 14.6. The van der Waals surface area contributed by atoms with Crippen molar-refractivity contribution in [3.63, 3.8) is 0 Å². The van der Waals surface area contributed by atoms with Gasteiger partial charge >= 0.3 is 0 Å². The monoisotopic (exact) mass is 314 g/mol. The summed E-state index contributed by atoms with van der Waals surface area (Å²) in [5.41, 5.74) is 2.23. The predicted octanol–water partition coefficient (Wildman–Crippen LogP) is 5.67. The van der Waals surface area contributed by atoms with Crippen LogP contribution in [0.15, 0.2) is 37.0 Å². The zero-order valence-electron chi connectivity index (χ0n) is 15.3. The lowest BCUT2D eigenvalue weighted by atomic mass is 9.45. The van der Waals surface area contributed by atoms with Gasteiger partial charge in [0, 0.05) is 5.41 Å². The minimum atomic E-state index is -0.383. The van der Waals surface area contributed by atoms with E-state index < -0.39 is 0 Å². The minimum absolute atomic E-state index is 0.0141. The molecule has 0 heterocycles. The lowest BCUT2D eigenvalue weighted by Gasteiger charge is -2.60. The van der Waals surface area contributed by atoms with Crippen LogP contribution in [0.3, 0.4) is 0 Å². The van der Waals surface area contributed by atoms with Gasteiger partial charge in [-0.25, -0.2) is 0 Å². The zero-order valence-corrected chi connectivity index (χ0v) is 15.3. The molecular weight excluding hydrogens is 280 g/mol. The fourth-order valence-corrected chi connectivity index (χ4v) is 6.29. The molecule has 2 unspecified atom stereocenters. The molecule has 0 amide bonds. The average molecular weight is 315 g/mol. The van der Waals surface area contributed by atoms with E-state index in [4.69, 9.17) is 0 Å². The lowest BCUT2D eigenvalue weighted by molar-refractivity contribution is -0.0816. The molecule has 3 rings (SSSR count). The Bertz CT molecular complexity index is 532. The molecule has 0 saturated heterocycles. The molecule has 3 aliphatic carbocycles. The summed E-state index contributed by atoms with van der Waals surface area (Å²) in [5.74, 6) is 1.29. The predicted molar refractivity (Wildman–Crippen MR) is 98.1 cm³/mol. The summed E-state index contributed by atoms with van der Waals surface area (Å²) in [6, 6.07) is 0. The molecule has 0 aliphatic heterocycles. The molecule has 23 heavy (non-hydrogen) atoms. The number of hydrogen-bond acceptors (Lipinski definition) is 1. The van der Waals surface area contributed by atoms with Gasteiger partial charge in [-0.05, 0) is 61.2 Å². The highest BCUT2D eigenvalue weighted by molar-refractivity contribution is 5.29. The van der Waals surface area contributed by atoms with E-state index in [0.717, 1.165) is 18.8 Å². The molecule has 0 aromatic heterocycles. The first-order chi connectivity index (χ1) is 10.8. The van der Waals surface area contributed by atoms with Crippen molar-refractivity contribution in [1.82, 2.24) is 0 Å². The van der Waals surface area contributed by atoms with E-state index in [2.05, 4.69) is 46.1 Å². The van der Waals surface area contributed by atoms with Crippen LogP contribution < -0.4 is 0 Å². The topological polar surface area (TPSA) is 20.2 Å². The van der Waals surface area contributed by atoms with Gasteiger partial charge in [0.1, 0.15) is 0 Å². The van der Waals surface area contributed by atoms with E-state index in [1.165, 1.54) is 32.1 Å². The van der Waals surface area contributed by atoms with Crippen LogP contribution in [0.5, 0.6) is 0 Å². The number of rotatable bonds is 3. The molecule has 0 spiro atoms. The Balaban J connectivity index is 1.98. The maximum Gasteiger partial charge on any atom is 0.0774 e. The quantitative estimate of drug-likeness (QED) is 0.666. The largest absolute Gasteiger partial charge is 0.388 e. The first-order valence-electron chi connectivity index (χ1n) is 9.44. The molecule has 6 atom stereocenters. The summed E-state index contributed by atoms with van der Waals surface area (Å²) in [6.45, 7) is 15.1. The number of hydrogen-bond donors (Lipinski definition) is 1. The molecule has 128 valence electrons. The number of allylic oxidation sites excluding steroid dienone is 3. The van der Waals surface area contributed by atoms with Gasteiger partial charge in [0.2, 0.25) is 0 Å². The molecule has 2 saturated carbocycles. The van der Waals surface area contributed by atoms with Gasteiger partial charge in [-0.1, -0.05) is 51.0 Å². The van der Waals surface area contributed by atoms with E-state index in [1.807, 2.05) is 0 Å². The highest BCUT2D eigenvalue weighted by Crippen LogP contribution is 2.64. The SMILES string of the molecule is C=C[C@H](O)[C@@]1(C)CCC[C@]2(C)C3=CC[C@@](C)(C=C)CC3CCC12. The number of fused-ring (bicyclic) bond motifs is 3. The standard InChI is InChI=1S/C22H34O/c1-6-19(23)22(5)13-8-12-21(4)17-11-14-20(3,7-2)15-16(17)9-10-18(21)22/h6-7,11,16,18-19,23H,1-2,8-10,12-15H2,3-5H3/t16?,18?,19-,20+,21+,22-/m0/s1. The third-order valence-corrected chi connectivity index (χ3v) is 7.77. The van der Waals surface area contributed by atoms with Crippen molar-refractivity contribution >= 4 is 0 Å². The zero-order chi connectivity index (χ0) is 16.9. The van der Waals surface area contributed by atoms with Crippen LogP contribution in [0.1, 0.15) is 65.7 Å². The van der Waals surface area contributed by atoms with Gasteiger partial charge in [0.15, 0.2) is 0 Å². The van der Waals surface area contributed by atoms with E-state index in [9.17, 15) is 5.11 Å². The third kappa shape index (κ3) is 2.47. The Morgan fingerprint density at radius 3 is 2.61 bits per heavy atom. The van der Waals surface area contributed by atoms with E-state index in [-0.39, 0.29) is 22.3 Å². The van der Waals surface area contributed by atoms with Crippen LogP contribution in [-0.2, 0) is 0 Å². The van der Waals surface area contributed by atoms with Crippen LogP contribution in [-0.4, -0.2) is 11.2 Å². The third-order valence-electron chi connectivity index (χ3n) is 7.77. The van der Waals surface area contributed by atoms with Gasteiger partial charge in [0.05, 0.1) is 6.10 Å². The van der Waals surface area contributed by atoms with Crippen molar-refractivity contribution in [3.05, 3.63) is 37.0 Å². The van der Waals surface area contributed by atoms with Crippen molar-refractivity contribution in [1.29, 1.82) is 0 Å². The fourth-order valence-electron chi connectivity index (χ4n) is 6.29. The van der Waals surface area contributed by atoms with E-state index >= 15 is 0 Å². The Morgan fingerprint density at radius 2 is 1.96 bits per heavy atom. The smallest absolute Gasteiger partial charge is 0.0774 e. The molecule has 0 bridgehead atoms. The average Bonchev–Trinajstić information content (AvgIpc) is 2.53. The second-order valence-corrected chi connectivity index (χ2v) is 9.21. The summed E-state index contributed by atoms with van der Waals surface area (Å²) in [7, 11) is 0. The van der Waals surface area contributed by atoms with E-state index in [1.54, 1.807) is 11.6 Å². The summed E-state index contributed by atoms with van der Waals surface area (Å²) in [5, 5.41) is 10.7. The number of aliphatic hydroxyl groups excluding tert-OH is 1. The molecule has 1 heteroatoms. The number of aliphatic hydroxyl groups is 1. The maximum atomic E-state index is 10.7. The van der Waals surface area contributed by atoms with E-state index in [0.29, 0.717) is 5.92 Å². The maximum absolute atomic E-state index is 10.7. The second-order valence-electron chi connectivity index (χ2n) is 9.21. The first-order valence-corrected chi connectivity index (χ1v) is 9.44. The molecule has 1 nitrogen and oxygen atoms in total. The van der Waals surface area contributed by atoms with Crippen molar-refractivity contribution in [2.75, 3.05) is 0 Å². The van der Waals surface area contributed by atoms with Crippen LogP contribution >= 0.6 is 0 Å². The molecule has 1 N–H and O–H groups in total. The van der Waals surface area contributed by atoms with Crippen LogP contribution in [0.25, 0.3) is 0 Å². The van der Waals surface area contributed by atoms with Crippen LogP contribution in [0, 0.1) is 28.1 Å². The Hall–Kier alpha value is -0.820. The van der Waals surface area contributed by atoms with Gasteiger partial charge < -0.3 is 5.11 Å². The second kappa shape index (κ2) is 5.62. The van der Waals surface area contributed by atoms with Crippen molar-refractivity contribution in [2.45, 2.75) is 71.8 Å². The first kappa shape index (κ1) is 17.0. The van der Waals surface area contributed by atoms with Gasteiger partial charge in [-0.2, -0.15) is 0 Å². The minimum Gasteiger partial charge on any atom is -0.388 e. The molecule has 0 aromatic carbocycles. The molecule has 0 radical (unpaired) electrons. The lowest BCUT2D eigenvalue weighted by Crippen LogP contribution is -2.53. The summed E-state index contributed by atoms with van der Waals surface area (Å²) >= 11 is 0. The Labute approximate surface area is 142 Å². The fraction of sp³-hybridized carbons (Fsp3) is 0.727.